The van der Waals surface area contributed by atoms with E-state index in [1.54, 1.807) is 0 Å². The highest BCUT2D eigenvalue weighted by molar-refractivity contribution is 5.20. The average Bonchev–Trinajstić information content (AvgIpc) is 3.17. The van der Waals surface area contributed by atoms with Gasteiger partial charge in [0.05, 0.1) is 13.1 Å². The summed E-state index contributed by atoms with van der Waals surface area (Å²) < 4.78 is 6.04. The minimum atomic E-state index is 0.635. The van der Waals surface area contributed by atoms with E-state index in [1.807, 2.05) is 0 Å². The van der Waals surface area contributed by atoms with E-state index >= 15 is 0 Å². The van der Waals surface area contributed by atoms with Crippen LogP contribution >= 0.6 is 0 Å². The molecule has 0 amide bonds. The monoisotopic (exact) mass is 277 g/mol. The number of rotatable bonds is 5. The highest BCUT2D eigenvalue weighted by Crippen LogP contribution is 2.22. The van der Waals surface area contributed by atoms with E-state index < -0.39 is 0 Å². The zero-order valence-corrected chi connectivity index (χ0v) is 13.0. The zero-order valence-electron chi connectivity index (χ0n) is 13.0. The van der Waals surface area contributed by atoms with E-state index in [9.17, 15) is 0 Å². The van der Waals surface area contributed by atoms with Gasteiger partial charge in [-0.15, -0.1) is 0 Å². The van der Waals surface area contributed by atoms with Crippen molar-refractivity contribution < 1.29 is 4.42 Å². The van der Waals surface area contributed by atoms with E-state index in [4.69, 9.17) is 4.42 Å². The third kappa shape index (κ3) is 3.43. The Morgan fingerprint density at radius 3 is 2.85 bits per heavy atom. The van der Waals surface area contributed by atoms with Crippen LogP contribution in [-0.2, 0) is 13.1 Å². The van der Waals surface area contributed by atoms with Crippen LogP contribution in [0.25, 0.3) is 0 Å². The van der Waals surface area contributed by atoms with Crippen LogP contribution in [0.4, 0.5) is 0 Å². The lowest BCUT2D eigenvalue weighted by atomic mass is 10.2. The average molecular weight is 277 g/mol. The van der Waals surface area contributed by atoms with Crippen molar-refractivity contribution in [2.75, 3.05) is 26.7 Å². The first-order valence-corrected chi connectivity index (χ1v) is 7.86. The number of piperazine rings is 1. The lowest BCUT2D eigenvalue weighted by Crippen LogP contribution is -2.49. The highest BCUT2D eigenvalue weighted by Gasteiger charge is 2.23. The second-order valence-corrected chi connectivity index (χ2v) is 6.54. The molecule has 0 bridgehead atoms. The smallest absolute Gasteiger partial charge is 0.120 e. The molecule has 1 N–H and O–H groups in total. The molecule has 4 nitrogen and oxygen atoms in total. The topological polar surface area (TPSA) is 31.6 Å². The van der Waals surface area contributed by atoms with E-state index in [-0.39, 0.29) is 0 Å². The number of likely N-dealkylation sites (N-methyl/N-ethyl adjacent to an activating group) is 1. The fourth-order valence-corrected chi connectivity index (χ4v) is 2.86. The van der Waals surface area contributed by atoms with Crippen LogP contribution in [0.1, 0.15) is 36.8 Å². The summed E-state index contributed by atoms with van der Waals surface area (Å²) in [6.45, 7) is 9.70. The molecule has 1 atom stereocenters. The van der Waals surface area contributed by atoms with Crippen LogP contribution in [0.2, 0.25) is 0 Å². The Kier molecular flexibility index (Phi) is 4.15. The molecule has 20 heavy (non-hydrogen) atoms. The fraction of sp³-hybridized carbons (Fsp3) is 0.750. The van der Waals surface area contributed by atoms with Crippen molar-refractivity contribution in [3.05, 3.63) is 23.2 Å². The molecule has 1 aromatic heterocycles. The molecule has 1 unspecified atom stereocenters. The maximum absolute atomic E-state index is 6.04. The lowest BCUT2D eigenvalue weighted by Gasteiger charge is -2.37. The zero-order chi connectivity index (χ0) is 14.1. The molecule has 112 valence electrons. The summed E-state index contributed by atoms with van der Waals surface area (Å²) in [5, 5.41) is 3.53. The Morgan fingerprint density at radius 2 is 2.15 bits per heavy atom. The Hall–Kier alpha value is -0.840. The van der Waals surface area contributed by atoms with E-state index in [0.29, 0.717) is 6.04 Å². The molecule has 1 saturated carbocycles. The predicted molar refractivity (Wildman–Crippen MR) is 80.7 cm³/mol. The maximum atomic E-state index is 6.04. The Labute approximate surface area is 122 Å². The lowest BCUT2D eigenvalue weighted by molar-refractivity contribution is 0.0943. The molecule has 1 saturated heterocycles. The van der Waals surface area contributed by atoms with Gasteiger partial charge in [0.2, 0.25) is 0 Å². The predicted octanol–water partition coefficient (Wildman–Crippen LogP) is 1.98. The van der Waals surface area contributed by atoms with Gasteiger partial charge < -0.3 is 14.6 Å². The van der Waals surface area contributed by atoms with Gasteiger partial charge in [0.25, 0.3) is 0 Å². The second-order valence-electron chi connectivity index (χ2n) is 6.54. The van der Waals surface area contributed by atoms with Crippen LogP contribution in [0.15, 0.2) is 10.5 Å². The van der Waals surface area contributed by atoms with Crippen LogP contribution in [-0.4, -0.2) is 48.6 Å². The van der Waals surface area contributed by atoms with Crippen molar-refractivity contribution in [1.29, 1.82) is 0 Å². The molecule has 2 heterocycles. The van der Waals surface area contributed by atoms with Crippen molar-refractivity contribution in [2.45, 2.75) is 51.9 Å². The van der Waals surface area contributed by atoms with Crippen LogP contribution < -0.4 is 5.32 Å². The first-order valence-electron chi connectivity index (χ1n) is 7.86. The molecular weight excluding hydrogens is 250 g/mol. The van der Waals surface area contributed by atoms with Crippen molar-refractivity contribution >= 4 is 0 Å². The molecule has 0 radical (unpaired) electrons. The number of nitrogens with zero attached hydrogens (tertiary/aromatic N) is 2. The van der Waals surface area contributed by atoms with Crippen molar-refractivity contribution in [3.63, 3.8) is 0 Å². The number of furan rings is 1. The maximum Gasteiger partial charge on any atom is 0.120 e. The summed E-state index contributed by atoms with van der Waals surface area (Å²) in [4.78, 5) is 4.93. The molecule has 1 aromatic rings. The summed E-state index contributed by atoms with van der Waals surface area (Å²) in [7, 11) is 2.21. The van der Waals surface area contributed by atoms with E-state index in [2.05, 4.69) is 42.1 Å². The van der Waals surface area contributed by atoms with Gasteiger partial charge in [-0.25, -0.2) is 0 Å². The summed E-state index contributed by atoms with van der Waals surface area (Å²) in [5.74, 6) is 2.24. The molecule has 2 aliphatic rings. The summed E-state index contributed by atoms with van der Waals surface area (Å²) in [6, 6.07) is 3.59. The molecule has 1 aliphatic heterocycles. The van der Waals surface area contributed by atoms with Gasteiger partial charge in [-0.1, -0.05) is 0 Å². The third-order valence-electron chi connectivity index (χ3n) is 4.62. The van der Waals surface area contributed by atoms with Crippen LogP contribution in [0.5, 0.6) is 0 Å². The summed E-state index contributed by atoms with van der Waals surface area (Å²) in [6.07, 6.45) is 2.65. The van der Waals surface area contributed by atoms with E-state index in [0.717, 1.165) is 50.3 Å². The highest BCUT2D eigenvalue weighted by atomic mass is 16.3. The third-order valence-corrected chi connectivity index (χ3v) is 4.62. The van der Waals surface area contributed by atoms with Crippen LogP contribution in [0, 0.1) is 6.92 Å². The number of hydrogen-bond acceptors (Lipinski definition) is 4. The number of hydrogen-bond donors (Lipinski definition) is 1. The molecule has 0 aromatic carbocycles. The van der Waals surface area contributed by atoms with Crippen molar-refractivity contribution in [3.8, 4) is 0 Å². The SMILES string of the molecule is Cc1cc(CN2CCN(C)C(C)C2)oc1CNC1CC1. The normalized spacial score (nSPS) is 25.2. The molecular formula is C16H27N3O. The molecule has 4 heteroatoms. The first-order chi connectivity index (χ1) is 9.61. The van der Waals surface area contributed by atoms with Gasteiger partial charge in [0.1, 0.15) is 11.5 Å². The van der Waals surface area contributed by atoms with Gasteiger partial charge in [0, 0.05) is 31.7 Å². The van der Waals surface area contributed by atoms with Crippen molar-refractivity contribution in [2.24, 2.45) is 0 Å². The molecule has 0 spiro atoms. The van der Waals surface area contributed by atoms with E-state index in [1.165, 1.54) is 18.4 Å². The fourth-order valence-electron chi connectivity index (χ4n) is 2.86. The second kappa shape index (κ2) is 5.88. The van der Waals surface area contributed by atoms with Gasteiger partial charge in [-0.2, -0.15) is 0 Å². The standard InChI is InChI=1S/C16H27N3O/c1-12-8-15(20-16(12)9-17-14-4-5-14)11-19-7-6-18(3)13(2)10-19/h8,13-14,17H,4-7,9-11H2,1-3H3. The Morgan fingerprint density at radius 1 is 1.35 bits per heavy atom. The molecule has 2 fully saturated rings. The van der Waals surface area contributed by atoms with Gasteiger partial charge in [-0.3, -0.25) is 4.90 Å². The molecule has 3 rings (SSSR count). The number of nitrogens with one attached hydrogen (secondary N) is 1. The largest absolute Gasteiger partial charge is 0.463 e. The quantitative estimate of drug-likeness (QED) is 0.892. The van der Waals surface area contributed by atoms with Crippen LogP contribution in [0.3, 0.4) is 0 Å². The Balaban J connectivity index is 1.55. The minimum absolute atomic E-state index is 0.635. The van der Waals surface area contributed by atoms with Gasteiger partial charge in [0.15, 0.2) is 0 Å². The molecule has 1 aliphatic carbocycles. The van der Waals surface area contributed by atoms with Gasteiger partial charge >= 0.3 is 0 Å². The number of aryl methyl sites for hydroxylation is 1. The summed E-state index contributed by atoms with van der Waals surface area (Å²) in [5.41, 5.74) is 1.29. The Bertz CT molecular complexity index is 453. The first kappa shape index (κ1) is 14.1. The van der Waals surface area contributed by atoms with Crippen molar-refractivity contribution in [1.82, 2.24) is 15.1 Å². The van der Waals surface area contributed by atoms with Gasteiger partial charge in [-0.05, 0) is 45.4 Å². The summed E-state index contributed by atoms with van der Waals surface area (Å²) >= 11 is 0. The minimum Gasteiger partial charge on any atom is -0.463 e.